The summed E-state index contributed by atoms with van der Waals surface area (Å²) in [5.74, 6) is 1.57. The van der Waals surface area contributed by atoms with E-state index in [-0.39, 0.29) is 0 Å². The normalized spacial score (nSPS) is 14.6. The highest BCUT2D eigenvalue weighted by Crippen LogP contribution is 2.30. The molecule has 0 saturated carbocycles. The zero-order valence-corrected chi connectivity index (χ0v) is 19.6. The summed E-state index contributed by atoms with van der Waals surface area (Å²) >= 11 is 0. The number of ether oxygens (including phenoxy) is 1. The molecule has 7 heteroatoms. The fraction of sp³-hybridized carbons (Fsp3) is 0.296. The Morgan fingerprint density at radius 1 is 0.941 bits per heavy atom. The lowest BCUT2D eigenvalue weighted by atomic mass is 10.1. The van der Waals surface area contributed by atoms with Crippen LogP contribution in [0.25, 0.3) is 22.4 Å². The highest BCUT2D eigenvalue weighted by Gasteiger charge is 2.20. The molecule has 0 radical (unpaired) electrons. The van der Waals surface area contributed by atoms with Crippen molar-refractivity contribution in [3.05, 3.63) is 66.2 Å². The Morgan fingerprint density at radius 3 is 2.47 bits per heavy atom. The van der Waals surface area contributed by atoms with Crippen LogP contribution in [0.3, 0.4) is 0 Å². The zero-order chi connectivity index (χ0) is 23.5. The third-order valence-electron chi connectivity index (χ3n) is 6.60. The van der Waals surface area contributed by atoms with E-state index in [4.69, 9.17) is 21.2 Å². The second-order valence-electron chi connectivity index (χ2n) is 8.75. The van der Waals surface area contributed by atoms with Gasteiger partial charge in [-0.2, -0.15) is 0 Å². The number of para-hydroxylation sites is 2. The van der Waals surface area contributed by atoms with Crippen LogP contribution >= 0.6 is 0 Å². The lowest BCUT2D eigenvalue weighted by Crippen LogP contribution is -2.47. The van der Waals surface area contributed by atoms with Crippen molar-refractivity contribution >= 4 is 28.1 Å². The Labute approximate surface area is 200 Å². The predicted molar refractivity (Wildman–Crippen MR) is 140 cm³/mol. The number of nitrogens with zero attached hydrogens (tertiary/aromatic N) is 3. The van der Waals surface area contributed by atoms with Gasteiger partial charge in [0, 0.05) is 38.3 Å². The van der Waals surface area contributed by atoms with Crippen molar-refractivity contribution in [3.8, 4) is 17.1 Å². The number of piperazine rings is 1. The number of aromatic amines is 1. The fourth-order valence-corrected chi connectivity index (χ4v) is 4.49. The maximum Gasteiger partial charge on any atom is 0.144 e. The van der Waals surface area contributed by atoms with Crippen molar-refractivity contribution in [1.82, 2.24) is 14.9 Å². The average molecular weight is 457 g/mol. The lowest BCUT2D eigenvalue weighted by Gasteiger charge is -2.36. The Kier molecular flexibility index (Phi) is 6.27. The van der Waals surface area contributed by atoms with Gasteiger partial charge < -0.3 is 26.1 Å². The topological polar surface area (TPSA) is 96.4 Å². The van der Waals surface area contributed by atoms with Gasteiger partial charge in [-0.3, -0.25) is 4.90 Å². The maximum absolute atomic E-state index is 6.00. The first-order valence-corrected chi connectivity index (χ1v) is 11.9. The molecule has 1 fully saturated rings. The van der Waals surface area contributed by atoms with Gasteiger partial charge in [-0.15, -0.1) is 0 Å². The van der Waals surface area contributed by atoms with E-state index in [1.165, 1.54) is 11.3 Å². The molecule has 0 bridgehead atoms. The van der Waals surface area contributed by atoms with Crippen molar-refractivity contribution in [1.29, 1.82) is 0 Å². The summed E-state index contributed by atoms with van der Waals surface area (Å²) in [4.78, 5) is 13.3. The molecule has 7 nitrogen and oxygen atoms in total. The quantitative estimate of drug-likeness (QED) is 0.362. The van der Waals surface area contributed by atoms with Crippen molar-refractivity contribution in [2.24, 2.45) is 0 Å². The third kappa shape index (κ3) is 4.52. The third-order valence-corrected chi connectivity index (χ3v) is 6.60. The van der Waals surface area contributed by atoms with Crippen LogP contribution in [0.5, 0.6) is 5.75 Å². The van der Waals surface area contributed by atoms with Gasteiger partial charge in [-0.25, -0.2) is 4.98 Å². The number of aryl methyl sites for hydroxylation is 1. The monoisotopic (exact) mass is 456 g/mol. The minimum atomic E-state index is 0.514. The molecule has 0 atom stereocenters. The van der Waals surface area contributed by atoms with E-state index in [1.54, 1.807) is 6.07 Å². The molecule has 4 aromatic rings. The van der Waals surface area contributed by atoms with Crippen molar-refractivity contribution in [3.63, 3.8) is 0 Å². The fourth-order valence-electron chi connectivity index (χ4n) is 4.49. The van der Waals surface area contributed by atoms with E-state index < -0.39 is 0 Å². The van der Waals surface area contributed by atoms with E-state index in [1.807, 2.05) is 12.1 Å². The van der Waals surface area contributed by atoms with E-state index >= 15 is 0 Å². The number of hydrogen-bond donors (Lipinski definition) is 3. The molecule has 0 unspecified atom stereocenters. The first kappa shape index (κ1) is 22.1. The number of imidazole rings is 1. The Hall–Kier alpha value is -3.71. The minimum absolute atomic E-state index is 0.514. The van der Waals surface area contributed by atoms with Crippen LogP contribution in [0.1, 0.15) is 12.5 Å². The van der Waals surface area contributed by atoms with Gasteiger partial charge in [-0.05, 0) is 36.2 Å². The first-order valence-electron chi connectivity index (χ1n) is 11.9. The standard InChI is InChI=1S/C27H32N6O/c1-2-19-9-11-20(12-10-19)27-30-22-6-4-7-23(26(22)31-27)33-15-13-32(14-16-33)17-18-34-24-8-3-5-21(28)25(24)29/h3-12H,2,13-18,28-29H2,1H3,(H,30,31). The highest BCUT2D eigenvalue weighted by atomic mass is 16.5. The summed E-state index contributed by atoms with van der Waals surface area (Å²) in [5.41, 5.74) is 18.7. The number of H-pyrrole nitrogens is 1. The second-order valence-corrected chi connectivity index (χ2v) is 8.75. The first-order chi connectivity index (χ1) is 16.6. The Bertz CT molecular complexity index is 1260. The largest absolute Gasteiger partial charge is 0.490 e. The number of fused-ring (bicyclic) bond motifs is 1. The second kappa shape index (κ2) is 9.65. The number of benzene rings is 3. The molecule has 1 aliphatic heterocycles. The molecule has 3 aromatic carbocycles. The summed E-state index contributed by atoms with van der Waals surface area (Å²) in [6, 6.07) is 20.5. The molecule has 0 amide bonds. The van der Waals surface area contributed by atoms with Crippen LogP contribution in [0, 0.1) is 0 Å². The van der Waals surface area contributed by atoms with Crippen LogP contribution in [-0.2, 0) is 6.42 Å². The van der Waals surface area contributed by atoms with E-state index in [0.29, 0.717) is 23.7 Å². The SMILES string of the molecule is CCc1ccc(-c2nc3c(N4CCN(CCOc5cccc(N)c5N)CC4)cccc3[nH]2)cc1. The van der Waals surface area contributed by atoms with Gasteiger partial charge >= 0.3 is 0 Å². The summed E-state index contributed by atoms with van der Waals surface area (Å²) in [6.45, 7) is 7.46. The minimum Gasteiger partial charge on any atom is -0.490 e. The Morgan fingerprint density at radius 2 is 1.71 bits per heavy atom. The van der Waals surface area contributed by atoms with Gasteiger partial charge in [0.15, 0.2) is 0 Å². The zero-order valence-electron chi connectivity index (χ0n) is 19.6. The molecular weight excluding hydrogens is 424 g/mol. The number of nitrogens with two attached hydrogens (primary N) is 2. The van der Waals surface area contributed by atoms with Gasteiger partial charge in [0.2, 0.25) is 0 Å². The maximum atomic E-state index is 6.00. The Balaban J connectivity index is 1.22. The molecule has 1 aliphatic rings. The number of hydrogen-bond acceptors (Lipinski definition) is 6. The molecule has 1 aromatic heterocycles. The smallest absolute Gasteiger partial charge is 0.144 e. The van der Waals surface area contributed by atoms with E-state index in [0.717, 1.165) is 61.6 Å². The van der Waals surface area contributed by atoms with Gasteiger partial charge in [0.1, 0.15) is 23.7 Å². The molecular formula is C27H32N6O. The molecule has 0 spiro atoms. The van der Waals surface area contributed by atoms with E-state index in [2.05, 4.69) is 64.2 Å². The molecule has 0 aliphatic carbocycles. The summed E-state index contributed by atoms with van der Waals surface area (Å²) in [6.07, 6.45) is 1.04. The van der Waals surface area contributed by atoms with Crippen LogP contribution in [0.15, 0.2) is 60.7 Å². The molecule has 2 heterocycles. The van der Waals surface area contributed by atoms with Crippen molar-refractivity contribution in [2.75, 3.05) is 55.7 Å². The number of anilines is 3. The number of nitrogen functional groups attached to an aromatic ring is 2. The lowest BCUT2D eigenvalue weighted by molar-refractivity contribution is 0.201. The van der Waals surface area contributed by atoms with Crippen LogP contribution in [0.2, 0.25) is 0 Å². The summed E-state index contributed by atoms with van der Waals surface area (Å²) in [7, 11) is 0. The summed E-state index contributed by atoms with van der Waals surface area (Å²) in [5, 5.41) is 0. The van der Waals surface area contributed by atoms with Crippen LogP contribution < -0.4 is 21.1 Å². The molecule has 34 heavy (non-hydrogen) atoms. The average Bonchev–Trinajstić information content (AvgIpc) is 3.32. The number of aromatic nitrogens is 2. The highest BCUT2D eigenvalue weighted by molar-refractivity contribution is 5.91. The van der Waals surface area contributed by atoms with Crippen molar-refractivity contribution in [2.45, 2.75) is 13.3 Å². The molecule has 176 valence electrons. The van der Waals surface area contributed by atoms with Crippen LogP contribution in [-0.4, -0.2) is 54.2 Å². The van der Waals surface area contributed by atoms with Gasteiger partial charge in [0.05, 0.1) is 22.6 Å². The van der Waals surface area contributed by atoms with Crippen LogP contribution in [0.4, 0.5) is 17.1 Å². The molecule has 5 N–H and O–H groups in total. The number of rotatable bonds is 7. The molecule has 5 rings (SSSR count). The van der Waals surface area contributed by atoms with Gasteiger partial charge in [0.25, 0.3) is 0 Å². The van der Waals surface area contributed by atoms with E-state index in [9.17, 15) is 0 Å². The predicted octanol–water partition coefficient (Wildman–Crippen LogP) is 4.16. The number of nitrogens with one attached hydrogen (secondary N) is 1. The van der Waals surface area contributed by atoms with Crippen molar-refractivity contribution < 1.29 is 4.74 Å². The molecule has 1 saturated heterocycles. The summed E-state index contributed by atoms with van der Waals surface area (Å²) < 4.78 is 5.87. The van der Waals surface area contributed by atoms with Gasteiger partial charge in [-0.1, -0.05) is 43.3 Å².